The maximum atomic E-state index is 6.34. The van der Waals surface area contributed by atoms with Crippen LogP contribution in [0.3, 0.4) is 0 Å². The summed E-state index contributed by atoms with van der Waals surface area (Å²) in [6.07, 6.45) is 2.05. The molecule has 1 aliphatic rings. The van der Waals surface area contributed by atoms with Crippen molar-refractivity contribution in [3.8, 4) is 0 Å². The van der Waals surface area contributed by atoms with E-state index >= 15 is 0 Å². The Hall–Kier alpha value is -1.50. The average molecular weight is 397 g/mol. The van der Waals surface area contributed by atoms with E-state index in [0.29, 0.717) is 13.2 Å². The predicted molar refractivity (Wildman–Crippen MR) is 113 cm³/mol. The monoisotopic (exact) mass is 396 g/mol. The molecule has 1 saturated heterocycles. The number of aliphatic imine (C=N–C) groups is 1. The number of piperazine rings is 1. The second-order valence-corrected chi connectivity index (χ2v) is 6.88. The molecule has 0 spiro atoms. The highest BCUT2D eigenvalue weighted by Crippen LogP contribution is 2.25. The lowest BCUT2D eigenvalue weighted by atomic mass is 10.2. The minimum absolute atomic E-state index is 0.656. The molecule has 2 rings (SSSR count). The first kappa shape index (κ1) is 21.8. The van der Waals surface area contributed by atoms with Crippen molar-refractivity contribution < 1.29 is 9.47 Å². The quantitative estimate of drug-likeness (QED) is 0.374. The average Bonchev–Trinajstić information content (AvgIpc) is 2.70. The fraction of sp³-hybridized carbons (Fsp3) is 0.650. The largest absolute Gasteiger partial charge is 0.382 e. The van der Waals surface area contributed by atoms with Gasteiger partial charge in [0.1, 0.15) is 0 Å². The lowest BCUT2D eigenvalue weighted by Crippen LogP contribution is -2.52. The van der Waals surface area contributed by atoms with E-state index in [0.717, 1.165) is 75.4 Å². The van der Waals surface area contributed by atoms with Crippen LogP contribution in [0.1, 0.15) is 19.8 Å². The minimum atomic E-state index is 0.656. The zero-order valence-electron chi connectivity index (χ0n) is 16.6. The summed E-state index contributed by atoms with van der Waals surface area (Å²) in [6, 6.07) is 8.05. The summed E-state index contributed by atoms with van der Waals surface area (Å²) in [5, 5.41) is 4.24. The van der Waals surface area contributed by atoms with E-state index in [1.165, 1.54) is 0 Å². The fourth-order valence-electron chi connectivity index (χ4n) is 3.04. The molecule has 27 heavy (non-hydrogen) atoms. The Kier molecular flexibility index (Phi) is 10.3. The smallest absolute Gasteiger partial charge is 0.194 e. The van der Waals surface area contributed by atoms with Crippen LogP contribution in [0.25, 0.3) is 0 Å². The number of nitrogens with one attached hydrogen (secondary N) is 1. The van der Waals surface area contributed by atoms with Gasteiger partial charge in [-0.15, -0.1) is 0 Å². The number of methoxy groups -OCH3 is 1. The molecule has 1 aromatic rings. The fourth-order valence-corrected chi connectivity index (χ4v) is 3.29. The number of para-hydroxylation sites is 1. The van der Waals surface area contributed by atoms with Gasteiger partial charge in [-0.3, -0.25) is 4.99 Å². The van der Waals surface area contributed by atoms with Gasteiger partial charge in [-0.1, -0.05) is 23.7 Å². The third-order valence-electron chi connectivity index (χ3n) is 4.50. The maximum Gasteiger partial charge on any atom is 0.194 e. The molecule has 7 heteroatoms. The number of ether oxygens (including phenoxy) is 2. The Labute approximate surface area is 168 Å². The first-order chi connectivity index (χ1) is 13.3. The normalized spacial score (nSPS) is 15.3. The van der Waals surface area contributed by atoms with Gasteiger partial charge in [-0.05, 0) is 31.9 Å². The first-order valence-corrected chi connectivity index (χ1v) is 10.2. The minimum Gasteiger partial charge on any atom is -0.382 e. The van der Waals surface area contributed by atoms with Crippen LogP contribution >= 0.6 is 11.6 Å². The van der Waals surface area contributed by atoms with Crippen molar-refractivity contribution in [2.75, 3.05) is 71.1 Å². The second kappa shape index (κ2) is 12.8. The summed E-state index contributed by atoms with van der Waals surface area (Å²) in [6.45, 7) is 9.67. The molecule has 1 N–H and O–H groups in total. The van der Waals surface area contributed by atoms with E-state index in [9.17, 15) is 0 Å². The van der Waals surface area contributed by atoms with Crippen LogP contribution in [0, 0.1) is 0 Å². The van der Waals surface area contributed by atoms with Gasteiger partial charge in [-0.2, -0.15) is 0 Å². The molecule has 1 aromatic carbocycles. The number of halogens is 1. The molecule has 0 atom stereocenters. The summed E-state index contributed by atoms with van der Waals surface area (Å²) < 4.78 is 10.5. The van der Waals surface area contributed by atoms with E-state index in [1.807, 2.05) is 18.2 Å². The topological polar surface area (TPSA) is 49.3 Å². The standard InChI is InChI=1S/C20H33ClN4O2/c1-3-22-20(23-10-6-7-15-27-17-16-26-2)25-13-11-24(12-14-25)19-9-5-4-8-18(19)21/h4-5,8-9H,3,6-7,10-17H2,1-2H3,(H,22,23). The number of anilines is 1. The Morgan fingerprint density at radius 2 is 1.89 bits per heavy atom. The van der Waals surface area contributed by atoms with Gasteiger partial charge in [0, 0.05) is 53.0 Å². The molecule has 152 valence electrons. The molecule has 6 nitrogen and oxygen atoms in total. The summed E-state index contributed by atoms with van der Waals surface area (Å²) in [5.41, 5.74) is 1.12. The van der Waals surface area contributed by atoms with Crippen molar-refractivity contribution in [1.29, 1.82) is 0 Å². The number of hydrogen-bond acceptors (Lipinski definition) is 4. The Balaban J connectivity index is 1.75. The molecule has 0 bridgehead atoms. The molecule has 0 radical (unpaired) electrons. The molecule has 0 aliphatic carbocycles. The Morgan fingerprint density at radius 3 is 2.59 bits per heavy atom. The lowest BCUT2D eigenvalue weighted by molar-refractivity contribution is 0.0690. The molecule has 1 heterocycles. The van der Waals surface area contributed by atoms with Crippen LogP contribution in [0.4, 0.5) is 5.69 Å². The number of guanidine groups is 1. The number of nitrogens with zero attached hydrogens (tertiary/aromatic N) is 3. The highest BCUT2D eigenvalue weighted by atomic mass is 35.5. The molecule has 0 amide bonds. The number of rotatable bonds is 10. The zero-order chi connectivity index (χ0) is 19.3. The molecular formula is C20H33ClN4O2. The van der Waals surface area contributed by atoms with E-state index in [-0.39, 0.29) is 0 Å². The lowest BCUT2D eigenvalue weighted by Gasteiger charge is -2.38. The highest BCUT2D eigenvalue weighted by molar-refractivity contribution is 6.33. The Morgan fingerprint density at radius 1 is 1.11 bits per heavy atom. The van der Waals surface area contributed by atoms with Crippen molar-refractivity contribution in [3.63, 3.8) is 0 Å². The van der Waals surface area contributed by atoms with E-state index < -0.39 is 0 Å². The van der Waals surface area contributed by atoms with Gasteiger partial charge in [-0.25, -0.2) is 0 Å². The van der Waals surface area contributed by atoms with Crippen LogP contribution < -0.4 is 10.2 Å². The van der Waals surface area contributed by atoms with Gasteiger partial charge in [0.15, 0.2) is 5.96 Å². The summed E-state index contributed by atoms with van der Waals surface area (Å²) in [4.78, 5) is 9.48. The maximum absolute atomic E-state index is 6.34. The van der Waals surface area contributed by atoms with Crippen molar-refractivity contribution in [3.05, 3.63) is 29.3 Å². The molecule has 0 unspecified atom stereocenters. The van der Waals surface area contributed by atoms with Crippen molar-refractivity contribution in [2.24, 2.45) is 4.99 Å². The molecule has 1 aliphatic heterocycles. The van der Waals surface area contributed by atoms with E-state index in [4.69, 9.17) is 26.1 Å². The van der Waals surface area contributed by atoms with Crippen LogP contribution in [0.2, 0.25) is 5.02 Å². The van der Waals surface area contributed by atoms with Crippen LogP contribution in [-0.4, -0.2) is 77.1 Å². The van der Waals surface area contributed by atoms with E-state index in [1.54, 1.807) is 7.11 Å². The number of hydrogen-bond donors (Lipinski definition) is 1. The molecule has 0 saturated carbocycles. The Bertz CT molecular complexity index is 563. The van der Waals surface area contributed by atoms with Gasteiger partial charge < -0.3 is 24.6 Å². The first-order valence-electron chi connectivity index (χ1n) is 9.85. The SMILES string of the molecule is CCNC(=NCCCCOCCOC)N1CCN(c2ccccc2Cl)CC1. The van der Waals surface area contributed by atoms with Crippen molar-refractivity contribution in [2.45, 2.75) is 19.8 Å². The van der Waals surface area contributed by atoms with Gasteiger partial charge >= 0.3 is 0 Å². The number of unbranched alkanes of at least 4 members (excludes halogenated alkanes) is 1. The van der Waals surface area contributed by atoms with Crippen LogP contribution in [0.15, 0.2) is 29.3 Å². The molecule has 0 aromatic heterocycles. The van der Waals surface area contributed by atoms with E-state index in [2.05, 4.69) is 28.1 Å². The highest BCUT2D eigenvalue weighted by Gasteiger charge is 2.20. The molecular weight excluding hydrogens is 364 g/mol. The third-order valence-corrected chi connectivity index (χ3v) is 4.82. The van der Waals surface area contributed by atoms with Crippen LogP contribution in [0.5, 0.6) is 0 Å². The van der Waals surface area contributed by atoms with Crippen molar-refractivity contribution >= 4 is 23.2 Å². The predicted octanol–water partition coefficient (Wildman–Crippen LogP) is 2.87. The van der Waals surface area contributed by atoms with Gasteiger partial charge in [0.25, 0.3) is 0 Å². The summed E-state index contributed by atoms with van der Waals surface area (Å²) in [7, 11) is 1.69. The van der Waals surface area contributed by atoms with Gasteiger partial charge in [0.05, 0.1) is 23.9 Å². The van der Waals surface area contributed by atoms with Crippen LogP contribution in [-0.2, 0) is 9.47 Å². The van der Waals surface area contributed by atoms with Crippen molar-refractivity contribution in [1.82, 2.24) is 10.2 Å². The summed E-state index contributed by atoms with van der Waals surface area (Å²) >= 11 is 6.34. The second-order valence-electron chi connectivity index (χ2n) is 6.47. The summed E-state index contributed by atoms with van der Waals surface area (Å²) in [5.74, 6) is 1.01. The third kappa shape index (κ3) is 7.56. The molecule has 1 fully saturated rings. The number of benzene rings is 1. The zero-order valence-corrected chi connectivity index (χ0v) is 17.4. The van der Waals surface area contributed by atoms with Gasteiger partial charge in [0.2, 0.25) is 0 Å².